The van der Waals surface area contributed by atoms with E-state index in [-0.39, 0.29) is 0 Å². The molecule has 64 valence electrons. The van der Waals surface area contributed by atoms with Gasteiger partial charge in [0.15, 0.2) is 3.79 Å². The average Bonchev–Trinajstić information content (AvgIpc) is 2.50. The highest BCUT2D eigenvalue weighted by Gasteiger charge is 2.50. The molecule has 0 radical (unpaired) electrons. The van der Waals surface area contributed by atoms with Gasteiger partial charge in [-0.25, -0.2) is 0 Å². The molecule has 0 unspecified atom stereocenters. The summed E-state index contributed by atoms with van der Waals surface area (Å²) < 4.78 is -0.998. The van der Waals surface area contributed by atoms with Crippen LogP contribution in [0, 0.1) is 17.8 Å². The number of halogens is 3. The van der Waals surface area contributed by atoms with E-state index in [0.29, 0.717) is 5.92 Å². The molecule has 0 amide bonds. The van der Waals surface area contributed by atoms with Gasteiger partial charge in [0.05, 0.1) is 0 Å². The second-order valence-electron chi connectivity index (χ2n) is 3.74. The maximum Gasteiger partial charge on any atom is 0.193 e. The van der Waals surface area contributed by atoms with Crippen LogP contribution in [0.5, 0.6) is 0 Å². The molecule has 2 saturated carbocycles. The molecule has 0 heterocycles. The Hall–Kier alpha value is 0.870. The highest BCUT2D eigenvalue weighted by atomic mass is 35.6. The first-order chi connectivity index (χ1) is 5.09. The minimum atomic E-state index is -0.998. The first kappa shape index (κ1) is 8.47. The van der Waals surface area contributed by atoms with Crippen molar-refractivity contribution >= 4 is 34.8 Å². The van der Waals surface area contributed by atoms with Crippen LogP contribution in [0.4, 0.5) is 0 Å². The summed E-state index contributed by atoms with van der Waals surface area (Å²) in [7, 11) is 0. The Bertz CT molecular complexity index is 141. The molecule has 3 heteroatoms. The van der Waals surface area contributed by atoms with E-state index in [1.54, 1.807) is 0 Å². The molecule has 2 fully saturated rings. The van der Waals surface area contributed by atoms with Crippen molar-refractivity contribution in [2.24, 2.45) is 17.8 Å². The number of hydrogen-bond acceptors (Lipinski definition) is 0. The third kappa shape index (κ3) is 1.96. The van der Waals surface area contributed by atoms with Crippen molar-refractivity contribution < 1.29 is 0 Å². The Balaban J connectivity index is 2.02. The van der Waals surface area contributed by atoms with Gasteiger partial charge in [-0.2, -0.15) is 0 Å². The zero-order chi connectivity index (χ0) is 8.06. The lowest BCUT2D eigenvalue weighted by Crippen LogP contribution is -2.23. The second kappa shape index (κ2) is 2.68. The van der Waals surface area contributed by atoms with Crippen LogP contribution < -0.4 is 0 Å². The molecule has 2 aliphatic carbocycles. The smallest absolute Gasteiger partial charge is 0.0834 e. The predicted molar refractivity (Wildman–Crippen MR) is 49.2 cm³/mol. The summed E-state index contributed by atoms with van der Waals surface area (Å²) in [5.41, 5.74) is 0. The number of alkyl halides is 3. The van der Waals surface area contributed by atoms with Gasteiger partial charge < -0.3 is 0 Å². The third-order valence-corrected chi connectivity index (χ3v) is 3.39. The predicted octanol–water partition coefficient (Wildman–Crippen LogP) is 3.79. The van der Waals surface area contributed by atoms with Crippen molar-refractivity contribution in [3.63, 3.8) is 0 Å². The number of rotatable bonds is 2. The Morgan fingerprint density at radius 3 is 1.45 bits per heavy atom. The van der Waals surface area contributed by atoms with Crippen LogP contribution in [0.3, 0.4) is 0 Å². The summed E-state index contributed by atoms with van der Waals surface area (Å²) in [4.78, 5) is 0. The third-order valence-electron chi connectivity index (χ3n) is 2.64. The maximum atomic E-state index is 5.90. The molecule has 2 aliphatic rings. The summed E-state index contributed by atoms with van der Waals surface area (Å²) in [6.07, 6.45) is 5.09. The lowest BCUT2D eigenvalue weighted by atomic mass is 10.0. The summed E-state index contributed by atoms with van der Waals surface area (Å²) >= 11 is 17.7. The van der Waals surface area contributed by atoms with Crippen LogP contribution >= 0.6 is 34.8 Å². The van der Waals surface area contributed by atoms with E-state index >= 15 is 0 Å². The van der Waals surface area contributed by atoms with Crippen LogP contribution in [0.25, 0.3) is 0 Å². The highest BCUT2D eigenvalue weighted by Crippen LogP contribution is 2.58. The van der Waals surface area contributed by atoms with E-state index in [4.69, 9.17) is 34.8 Å². The molecule has 0 nitrogen and oxygen atoms in total. The van der Waals surface area contributed by atoms with Crippen molar-refractivity contribution in [3.05, 3.63) is 0 Å². The van der Waals surface area contributed by atoms with E-state index in [0.717, 1.165) is 11.8 Å². The number of hydrogen-bond donors (Lipinski definition) is 0. The van der Waals surface area contributed by atoms with E-state index in [2.05, 4.69) is 0 Å². The second-order valence-corrected chi connectivity index (χ2v) is 6.11. The van der Waals surface area contributed by atoms with E-state index in [1.807, 2.05) is 0 Å². The molecule has 2 rings (SSSR count). The molecule has 0 N–H and O–H groups in total. The van der Waals surface area contributed by atoms with Crippen LogP contribution in [0.2, 0.25) is 0 Å². The van der Waals surface area contributed by atoms with Gasteiger partial charge in [0, 0.05) is 5.92 Å². The van der Waals surface area contributed by atoms with Crippen molar-refractivity contribution in [2.75, 3.05) is 0 Å². The molecular weight excluding hydrogens is 202 g/mol. The van der Waals surface area contributed by atoms with Crippen LogP contribution in [0.15, 0.2) is 0 Å². The molecule has 0 bridgehead atoms. The minimum absolute atomic E-state index is 0.354. The normalized spacial score (nSPS) is 26.2. The van der Waals surface area contributed by atoms with Crippen molar-refractivity contribution in [1.29, 1.82) is 0 Å². The fourth-order valence-electron chi connectivity index (χ4n) is 1.83. The van der Waals surface area contributed by atoms with Gasteiger partial charge in [-0.1, -0.05) is 34.8 Å². The Kier molecular flexibility index (Phi) is 2.06. The fourth-order valence-corrected chi connectivity index (χ4v) is 2.90. The SMILES string of the molecule is ClC(Cl)(Cl)C(C1CC1)C1CC1. The molecule has 0 atom stereocenters. The van der Waals surface area contributed by atoms with Gasteiger partial charge >= 0.3 is 0 Å². The van der Waals surface area contributed by atoms with Gasteiger partial charge in [0.1, 0.15) is 0 Å². The Morgan fingerprint density at radius 2 is 1.27 bits per heavy atom. The molecule has 0 aromatic carbocycles. The summed E-state index contributed by atoms with van der Waals surface area (Å²) in [6.45, 7) is 0. The van der Waals surface area contributed by atoms with Gasteiger partial charge in [-0.3, -0.25) is 0 Å². The van der Waals surface area contributed by atoms with Gasteiger partial charge in [0.2, 0.25) is 0 Å². The first-order valence-corrected chi connectivity index (χ1v) is 5.29. The van der Waals surface area contributed by atoms with Crippen LogP contribution in [-0.4, -0.2) is 3.79 Å². The standard InChI is InChI=1S/C8H11Cl3/c9-8(10,11)7(5-1-2-5)6-3-4-6/h5-7H,1-4H2. The highest BCUT2D eigenvalue weighted by molar-refractivity contribution is 6.67. The first-order valence-electron chi connectivity index (χ1n) is 4.16. The fraction of sp³-hybridized carbons (Fsp3) is 1.00. The molecule has 0 saturated heterocycles. The maximum absolute atomic E-state index is 5.90. The van der Waals surface area contributed by atoms with Crippen molar-refractivity contribution in [3.8, 4) is 0 Å². The largest absolute Gasteiger partial charge is 0.193 e. The Morgan fingerprint density at radius 1 is 0.909 bits per heavy atom. The molecule has 11 heavy (non-hydrogen) atoms. The monoisotopic (exact) mass is 212 g/mol. The molecule has 0 aliphatic heterocycles. The molecule has 0 spiro atoms. The zero-order valence-electron chi connectivity index (χ0n) is 6.19. The minimum Gasteiger partial charge on any atom is -0.0834 e. The van der Waals surface area contributed by atoms with Gasteiger partial charge in [0.25, 0.3) is 0 Å². The topological polar surface area (TPSA) is 0 Å². The molecule has 0 aromatic rings. The van der Waals surface area contributed by atoms with Crippen molar-refractivity contribution in [1.82, 2.24) is 0 Å². The molecule has 0 aromatic heterocycles. The quantitative estimate of drug-likeness (QED) is 0.612. The van der Waals surface area contributed by atoms with E-state index < -0.39 is 3.79 Å². The van der Waals surface area contributed by atoms with E-state index in [1.165, 1.54) is 25.7 Å². The average molecular weight is 214 g/mol. The summed E-state index contributed by atoms with van der Waals surface area (Å²) in [5.74, 6) is 1.79. The lowest BCUT2D eigenvalue weighted by molar-refractivity contribution is 0.413. The van der Waals surface area contributed by atoms with E-state index in [9.17, 15) is 0 Å². The van der Waals surface area contributed by atoms with Crippen LogP contribution in [0.1, 0.15) is 25.7 Å². The lowest BCUT2D eigenvalue weighted by Gasteiger charge is -2.23. The summed E-state index contributed by atoms with van der Waals surface area (Å²) in [5, 5.41) is 0. The Labute approximate surface area is 82.2 Å². The molecular formula is C8H11Cl3. The van der Waals surface area contributed by atoms with Gasteiger partial charge in [-0.15, -0.1) is 0 Å². The zero-order valence-corrected chi connectivity index (χ0v) is 8.46. The summed E-state index contributed by atoms with van der Waals surface area (Å²) in [6, 6.07) is 0. The van der Waals surface area contributed by atoms with Gasteiger partial charge in [-0.05, 0) is 37.5 Å². The van der Waals surface area contributed by atoms with Crippen LogP contribution in [-0.2, 0) is 0 Å². The van der Waals surface area contributed by atoms with Crippen molar-refractivity contribution in [2.45, 2.75) is 29.5 Å².